The van der Waals surface area contributed by atoms with Crippen LogP contribution >= 0.6 is 11.3 Å². The van der Waals surface area contributed by atoms with Gasteiger partial charge in [0.1, 0.15) is 5.00 Å². The van der Waals surface area contributed by atoms with Crippen molar-refractivity contribution >= 4 is 33.8 Å². The van der Waals surface area contributed by atoms with E-state index in [1.165, 1.54) is 11.3 Å². The van der Waals surface area contributed by atoms with Crippen LogP contribution in [0, 0.1) is 6.92 Å². The number of nitrogens with one attached hydrogen (secondary N) is 2. The fraction of sp³-hybridized carbons (Fsp3) is 0.333. The number of fused-ring (bicyclic) bond motifs is 1. The molecule has 1 aliphatic heterocycles. The van der Waals surface area contributed by atoms with Crippen molar-refractivity contribution < 1.29 is 14.3 Å². The third-order valence-corrected chi connectivity index (χ3v) is 5.14. The molecule has 0 radical (unpaired) electrons. The number of para-hydroxylation sites is 1. The van der Waals surface area contributed by atoms with Crippen molar-refractivity contribution in [1.82, 2.24) is 0 Å². The minimum absolute atomic E-state index is 0.0977. The molecule has 0 saturated heterocycles. The second-order valence-electron chi connectivity index (χ2n) is 5.68. The summed E-state index contributed by atoms with van der Waals surface area (Å²) < 4.78 is 5.48. The molecule has 1 aromatic carbocycles. The number of benzene rings is 1. The summed E-state index contributed by atoms with van der Waals surface area (Å²) in [6, 6.07) is 7.65. The van der Waals surface area contributed by atoms with Gasteiger partial charge < -0.3 is 15.4 Å². The van der Waals surface area contributed by atoms with Crippen molar-refractivity contribution in [3.05, 3.63) is 45.8 Å². The Morgan fingerprint density at radius 3 is 2.79 bits per heavy atom. The standard InChI is InChI=1S/C18H20N2O3S/c1-3-15(21)20-18-16(12-8-9-23-10-14(12)24-18)17(22)19-13-7-5-4-6-11(13)2/h4-7H,3,8-10H2,1-2H3,(H,19,22)(H,20,21). The molecule has 3 rings (SSSR count). The molecular formula is C18H20N2O3S. The molecule has 0 spiro atoms. The van der Waals surface area contributed by atoms with Crippen LogP contribution in [0.2, 0.25) is 0 Å². The van der Waals surface area contributed by atoms with E-state index in [2.05, 4.69) is 10.6 Å². The van der Waals surface area contributed by atoms with Crippen LogP contribution < -0.4 is 10.6 Å². The monoisotopic (exact) mass is 344 g/mol. The Morgan fingerprint density at radius 2 is 2.04 bits per heavy atom. The Hall–Kier alpha value is -2.18. The van der Waals surface area contributed by atoms with Crippen molar-refractivity contribution in [2.75, 3.05) is 17.2 Å². The van der Waals surface area contributed by atoms with Gasteiger partial charge in [0.2, 0.25) is 5.91 Å². The van der Waals surface area contributed by atoms with Gasteiger partial charge in [-0.15, -0.1) is 11.3 Å². The van der Waals surface area contributed by atoms with Crippen LogP contribution in [-0.4, -0.2) is 18.4 Å². The molecule has 1 aliphatic rings. The first-order valence-electron chi connectivity index (χ1n) is 7.99. The zero-order valence-electron chi connectivity index (χ0n) is 13.8. The first kappa shape index (κ1) is 16.7. The maximum atomic E-state index is 12.9. The van der Waals surface area contributed by atoms with Crippen molar-refractivity contribution in [2.24, 2.45) is 0 Å². The quantitative estimate of drug-likeness (QED) is 0.888. The fourth-order valence-corrected chi connectivity index (χ4v) is 3.87. The first-order chi connectivity index (χ1) is 11.6. The molecule has 0 unspecified atom stereocenters. The van der Waals surface area contributed by atoms with Gasteiger partial charge in [-0.3, -0.25) is 9.59 Å². The second-order valence-corrected chi connectivity index (χ2v) is 6.79. The number of hydrogen-bond donors (Lipinski definition) is 2. The van der Waals surface area contributed by atoms with Crippen LogP contribution in [0.25, 0.3) is 0 Å². The minimum atomic E-state index is -0.185. The van der Waals surface area contributed by atoms with Crippen molar-refractivity contribution in [3.8, 4) is 0 Å². The van der Waals surface area contributed by atoms with E-state index in [0.717, 1.165) is 21.7 Å². The van der Waals surface area contributed by atoms with Crippen LogP contribution in [0.15, 0.2) is 24.3 Å². The van der Waals surface area contributed by atoms with E-state index >= 15 is 0 Å². The Kier molecular flexibility index (Phi) is 4.97. The zero-order chi connectivity index (χ0) is 17.1. The molecule has 1 aromatic heterocycles. The van der Waals surface area contributed by atoms with Gasteiger partial charge in [0.25, 0.3) is 5.91 Å². The molecule has 2 N–H and O–H groups in total. The van der Waals surface area contributed by atoms with Crippen LogP contribution in [0.4, 0.5) is 10.7 Å². The number of amides is 2. The topological polar surface area (TPSA) is 67.4 Å². The van der Waals surface area contributed by atoms with E-state index in [1.54, 1.807) is 6.92 Å². The van der Waals surface area contributed by atoms with Gasteiger partial charge in [0.05, 0.1) is 18.8 Å². The van der Waals surface area contributed by atoms with Crippen molar-refractivity contribution in [2.45, 2.75) is 33.3 Å². The van der Waals surface area contributed by atoms with Crippen molar-refractivity contribution in [1.29, 1.82) is 0 Å². The van der Waals surface area contributed by atoms with Crippen LogP contribution in [0.5, 0.6) is 0 Å². The van der Waals surface area contributed by atoms with Gasteiger partial charge in [-0.05, 0) is 30.5 Å². The maximum Gasteiger partial charge on any atom is 0.258 e. The van der Waals surface area contributed by atoms with Gasteiger partial charge in [-0.2, -0.15) is 0 Å². The Morgan fingerprint density at radius 1 is 1.25 bits per heavy atom. The lowest BCUT2D eigenvalue weighted by Gasteiger charge is -2.14. The summed E-state index contributed by atoms with van der Waals surface area (Å²) >= 11 is 1.43. The van der Waals surface area contributed by atoms with E-state index in [4.69, 9.17) is 4.74 Å². The van der Waals surface area contributed by atoms with E-state index in [-0.39, 0.29) is 11.8 Å². The SMILES string of the molecule is CCC(=O)Nc1sc2c(c1C(=O)Nc1ccccc1C)CCOC2. The number of rotatable bonds is 4. The fourth-order valence-electron chi connectivity index (χ4n) is 2.67. The molecule has 2 amide bonds. The molecule has 0 fully saturated rings. The van der Waals surface area contributed by atoms with Crippen LogP contribution in [0.3, 0.4) is 0 Å². The average molecular weight is 344 g/mol. The molecule has 126 valence electrons. The highest BCUT2D eigenvalue weighted by Gasteiger charge is 2.26. The van der Waals surface area contributed by atoms with Gasteiger partial charge in [-0.25, -0.2) is 0 Å². The molecule has 2 heterocycles. The van der Waals surface area contributed by atoms with Gasteiger partial charge in [0, 0.05) is 17.0 Å². The number of thiophene rings is 1. The summed E-state index contributed by atoms with van der Waals surface area (Å²) in [4.78, 5) is 25.7. The summed E-state index contributed by atoms with van der Waals surface area (Å²) in [6.07, 6.45) is 1.06. The summed E-state index contributed by atoms with van der Waals surface area (Å²) in [5, 5.41) is 6.45. The first-order valence-corrected chi connectivity index (χ1v) is 8.81. The Bertz CT molecular complexity index is 783. The summed E-state index contributed by atoms with van der Waals surface area (Å²) in [5.41, 5.74) is 3.34. The number of carbonyl (C=O) groups excluding carboxylic acids is 2. The molecule has 5 nitrogen and oxygen atoms in total. The molecule has 0 saturated carbocycles. The zero-order valence-corrected chi connectivity index (χ0v) is 14.6. The highest BCUT2D eigenvalue weighted by atomic mass is 32.1. The molecule has 6 heteroatoms. The molecular weight excluding hydrogens is 324 g/mol. The Labute approximate surface area is 145 Å². The number of aryl methyl sites for hydroxylation is 1. The van der Waals surface area contributed by atoms with Gasteiger partial charge in [0.15, 0.2) is 0 Å². The molecule has 2 aromatic rings. The Balaban J connectivity index is 1.95. The van der Waals surface area contributed by atoms with Crippen LogP contribution in [0.1, 0.15) is 39.7 Å². The van der Waals surface area contributed by atoms with Crippen molar-refractivity contribution in [3.63, 3.8) is 0 Å². The number of ether oxygens (including phenoxy) is 1. The third kappa shape index (κ3) is 3.34. The summed E-state index contributed by atoms with van der Waals surface area (Å²) in [6.45, 7) is 4.83. The smallest absolute Gasteiger partial charge is 0.258 e. The highest BCUT2D eigenvalue weighted by Crippen LogP contribution is 2.37. The van der Waals surface area contributed by atoms with Gasteiger partial charge in [-0.1, -0.05) is 25.1 Å². The number of anilines is 2. The second kappa shape index (κ2) is 7.15. The normalized spacial score (nSPS) is 13.2. The number of hydrogen-bond acceptors (Lipinski definition) is 4. The van der Waals surface area contributed by atoms with E-state index in [9.17, 15) is 9.59 Å². The molecule has 24 heavy (non-hydrogen) atoms. The maximum absolute atomic E-state index is 12.9. The third-order valence-electron chi connectivity index (χ3n) is 4.01. The highest BCUT2D eigenvalue weighted by molar-refractivity contribution is 7.17. The lowest BCUT2D eigenvalue weighted by atomic mass is 10.0. The van der Waals surface area contributed by atoms with E-state index < -0.39 is 0 Å². The minimum Gasteiger partial charge on any atom is -0.376 e. The molecule has 0 bridgehead atoms. The lowest BCUT2D eigenvalue weighted by molar-refractivity contribution is -0.115. The van der Waals surface area contributed by atoms with E-state index in [1.807, 2.05) is 31.2 Å². The average Bonchev–Trinajstić information content (AvgIpc) is 2.94. The van der Waals surface area contributed by atoms with E-state index in [0.29, 0.717) is 36.6 Å². The van der Waals surface area contributed by atoms with Gasteiger partial charge >= 0.3 is 0 Å². The summed E-state index contributed by atoms with van der Waals surface area (Å²) in [5.74, 6) is -0.283. The van der Waals surface area contributed by atoms with Crippen LogP contribution in [-0.2, 0) is 22.6 Å². The predicted octanol–water partition coefficient (Wildman–Crippen LogP) is 3.73. The lowest BCUT2D eigenvalue weighted by Crippen LogP contribution is -2.19. The molecule has 0 atom stereocenters. The largest absolute Gasteiger partial charge is 0.376 e. The predicted molar refractivity (Wildman–Crippen MR) is 95.7 cm³/mol. The number of carbonyl (C=O) groups is 2. The summed E-state index contributed by atoms with van der Waals surface area (Å²) in [7, 11) is 0. The molecule has 0 aliphatic carbocycles.